The SMILES string of the molecule is Cc1ccc(-c2cc(C(=O)N[C@@H](C)CO)cc(N3C(=O)OCC3C(C)C)c2)c(F)c1. The molecule has 3 rings (SSSR count). The molecule has 0 saturated carbocycles. The van der Waals surface area contributed by atoms with Gasteiger partial charge in [-0.05, 0) is 55.2 Å². The number of carbonyl (C=O) groups is 2. The molecule has 2 amide bonds. The third kappa shape index (κ3) is 4.46. The van der Waals surface area contributed by atoms with E-state index < -0.39 is 23.9 Å². The van der Waals surface area contributed by atoms with E-state index in [1.54, 1.807) is 44.2 Å². The van der Waals surface area contributed by atoms with Crippen molar-refractivity contribution < 1.29 is 23.8 Å². The van der Waals surface area contributed by atoms with Crippen LogP contribution in [0.3, 0.4) is 0 Å². The van der Waals surface area contributed by atoms with Crippen LogP contribution in [0, 0.1) is 18.7 Å². The number of halogens is 1. The van der Waals surface area contributed by atoms with Crippen molar-refractivity contribution in [1.82, 2.24) is 5.32 Å². The van der Waals surface area contributed by atoms with Crippen molar-refractivity contribution in [3.63, 3.8) is 0 Å². The minimum absolute atomic E-state index is 0.128. The number of rotatable bonds is 6. The molecule has 1 unspecified atom stereocenters. The molecule has 2 atom stereocenters. The number of benzene rings is 2. The lowest BCUT2D eigenvalue weighted by Gasteiger charge is -2.25. The highest BCUT2D eigenvalue weighted by Crippen LogP contribution is 2.33. The molecule has 1 aliphatic rings. The lowest BCUT2D eigenvalue weighted by molar-refractivity contribution is 0.0922. The van der Waals surface area contributed by atoms with Crippen molar-refractivity contribution in [1.29, 1.82) is 0 Å². The van der Waals surface area contributed by atoms with Crippen molar-refractivity contribution >= 4 is 17.7 Å². The van der Waals surface area contributed by atoms with Crippen LogP contribution in [0.5, 0.6) is 0 Å². The summed E-state index contributed by atoms with van der Waals surface area (Å²) in [4.78, 5) is 26.7. The van der Waals surface area contributed by atoms with E-state index in [2.05, 4.69) is 5.32 Å². The predicted molar refractivity (Wildman–Crippen MR) is 113 cm³/mol. The molecule has 2 aromatic carbocycles. The van der Waals surface area contributed by atoms with Gasteiger partial charge in [0.1, 0.15) is 12.4 Å². The van der Waals surface area contributed by atoms with Crippen LogP contribution < -0.4 is 10.2 Å². The first-order valence-corrected chi connectivity index (χ1v) is 10.0. The molecular formula is C23H27FN2O4. The summed E-state index contributed by atoms with van der Waals surface area (Å²) < 4.78 is 19.9. The fourth-order valence-electron chi connectivity index (χ4n) is 3.47. The lowest BCUT2D eigenvalue weighted by Crippen LogP contribution is -2.38. The van der Waals surface area contributed by atoms with Crippen LogP contribution >= 0.6 is 0 Å². The Hall–Kier alpha value is -2.93. The van der Waals surface area contributed by atoms with Gasteiger partial charge in [-0.25, -0.2) is 9.18 Å². The minimum atomic E-state index is -0.495. The van der Waals surface area contributed by atoms with Gasteiger partial charge in [0.25, 0.3) is 5.91 Å². The molecule has 7 heteroatoms. The van der Waals surface area contributed by atoms with Gasteiger partial charge >= 0.3 is 6.09 Å². The monoisotopic (exact) mass is 414 g/mol. The summed E-state index contributed by atoms with van der Waals surface area (Å²) in [6.07, 6.45) is -0.495. The summed E-state index contributed by atoms with van der Waals surface area (Å²) in [7, 11) is 0. The second kappa shape index (κ2) is 8.83. The average molecular weight is 414 g/mol. The third-order valence-corrected chi connectivity index (χ3v) is 5.22. The number of carbonyl (C=O) groups excluding carboxylic acids is 2. The fraction of sp³-hybridized carbons (Fsp3) is 0.391. The first-order chi connectivity index (χ1) is 14.2. The van der Waals surface area contributed by atoms with Crippen LogP contribution in [0.2, 0.25) is 0 Å². The largest absolute Gasteiger partial charge is 0.447 e. The molecule has 1 saturated heterocycles. The standard InChI is InChI=1S/C23H27FN2O4/c1-13(2)21-12-30-23(29)26(21)18-9-16(19-6-5-14(3)7-20(19)24)8-17(10-18)22(28)25-15(4)11-27/h5-10,13,15,21,27H,11-12H2,1-4H3,(H,25,28)/t15-,21?/m0/s1. The second-order valence-corrected chi connectivity index (χ2v) is 8.07. The minimum Gasteiger partial charge on any atom is -0.447 e. The van der Waals surface area contributed by atoms with Crippen molar-refractivity contribution in [2.24, 2.45) is 5.92 Å². The van der Waals surface area contributed by atoms with E-state index in [9.17, 15) is 19.1 Å². The molecular weight excluding hydrogens is 387 g/mol. The van der Waals surface area contributed by atoms with Gasteiger partial charge < -0.3 is 15.2 Å². The smallest absolute Gasteiger partial charge is 0.414 e. The van der Waals surface area contributed by atoms with Crippen LogP contribution in [0.15, 0.2) is 36.4 Å². The van der Waals surface area contributed by atoms with Crippen molar-refractivity contribution in [3.05, 3.63) is 53.3 Å². The number of nitrogens with one attached hydrogen (secondary N) is 1. The van der Waals surface area contributed by atoms with E-state index in [1.807, 2.05) is 13.8 Å². The Bertz CT molecular complexity index is 960. The van der Waals surface area contributed by atoms with E-state index in [0.717, 1.165) is 5.56 Å². The van der Waals surface area contributed by atoms with Gasteiger partial charge in [-0.3, -0.25) is 9.69 Å². The van der Waals surface area contributed by atoms with E-state index in [-0.39, 0.29) is 30.7 Å². The molecule has 160 valence electrons. The number of aliphatic hydroxyl groups excluding tert-OH is 1. The molecule has 0 radical (unpaired) electrons. The number of hydrogen-bond acceptors (Lipinski definition) is 4. The normalized spacial score (nSPS) is 17.2. The van der Waals surface area contributed by atoms with Crippen molar-refractivity contribution in [2.45, 2.75) is 39.8 Å². The van der Waals surface area contributed by atoms with Gasteiger partial charge in [0, 0.05) is 22.9 Å². The topological polar surface area (TPSA) is 78.9 Å². The average Bonchev–Trinajstić information content (AvgIpc) is 3.09. The molecule has 1 fully saturated rings. The summed E-state index contributed by atoms with van der Waals surface area (Å²) in [5.41, 5.74) is 2.33. The Morgan fingerprint density at radius 2 is 2.00 bits per heavy atom. The van der Waals surface area contributed by atoms with E-state index in [1.165, 1.54) is 11.0 Å². The molecule has 30 heavy (non-hydrogen) atoms. The number of cyclic esters (lactones) is 1. The number of ether oxygens (including phenoxy) is 1. The quantitative estimate of drug-likeness (QED) is 0.752. The Morgan fingerprint density at radius 1 is 1.27 bits per heavy atom. The van der Waals surface area contributed by atoms with Crippen LogP contribution in [0.4, 0.5) is 14.9 Å². The van der Waals surface area contributed by atoms with Crippen LogP contribution in [-0.2, 0) is 4.74 Å². The summed E-state index contributed by atoms with van der Waals surface area (Å²) >= 11 is 0. The van der Waals surface area contributed by atoms with Crippen LogP contribution in [-0.4, -0.2) is 42.4 Å². The molecule has 1 aliphatic heterocycles. The zero-order chi connectivity index (χ0) is 22.0. The Labute approximate surface area is 175 Å². The van der Waals surface area contributed by atoms with Gasteiger partial charge in [0.15, 0.2) is 0 Å². The zero-order valence-corrected chi connectivity index (χ0v) is 17.6. The predicted octanol–water partition coefficient (Wildman–Crippen LogP) is 3.89. The molecule has 1 heterocycles. The molecule has 2 N–H and O–H groups in total. The van der Waals surface area contributed by atoms with Crippen molar-refractivity contribution in [2.75, 3.05) is 18.1 Å². The van der Waals surface area contributed by atoms with E-state index in [0.29, 0.717) is 16.8 Å². The number of hydrogen-bond donors (Lipinski definition) is 2. The maximum atomic E-state index is 14.7. The number of amides is 2. The first kappa shape index (κ1) is 21.8. The van der Waals surface area contributed by atoms with Gasteiger partial charge in [-0.1, -0.05) is 26.0 Å². The molecule has 0 aliphatic carbocycles. The van der Waals surface area contributed by atoms with Crippen LogP contribution in [0.25, 0.3) is 11.1 Å². The molecule has 0 spiro atoms. The van der Waals surface area contributed by atoms with Gasteiger partial charge in [0.05, 0.1) is 12.6 Å². The maximum Gasteiger partial charge on any atom is 0.414 e. The second-order valence-electron chi connectivity index (χ2n) is 8.07. The first-order valence-electron chi connectivity index (χ1n) is 10.0. The molecule has 6 nitrogen and oxygen atoms in total. The maximum absolute atomic E-state index is 14.7. The zero-order valence-electron chi connectivity index (χ0n) is 17.6. The summed E-state index contributed by atoms with van der Waals surface area (Å²) in [5.74, 6) is -0.699. The number of aryl methyl sites for hydroxylation is 1. The van der Waals surface area contributed by atoms with E-state index in [4.69, 9.17) is 4.74 Å². The van der Waals surface area contributed by atoms with E-state index >= 15 is 0 Å². The summed E-state index contributed by atoms with van der Waals surface area (Å²) in [5, 5.41) is 11.9. The number of nitrogens with zero attached hydrogens (tertiary/aromatic N) is 1. The van der Waals surface area contributed by atoms with Crippen molar-refractivity contribution in [3.8, 4) is 11.1 Å². The Balaban J connectivity index is 2.13. The summed E-state index contributed by atoms with van der Waals surface area (Å²) in [6.45, 7) is 7.49. The fourth-order valence-corrected chi connectivity index (χ4v) is 3.47. The molecule has 0 aromatic heterocycles. The van der Waals surface area contributed by atoms with Crippen LogP contribution in [0.1, 0.15) is 36.7 Å². The Morgan fingerprint density at radius 3 is 2.63 bits per heavy atom. The third-order valence-electron chi connectivity index (χ3n) is 5.22. The highest BCUT2D eigenvalue weighted by atomic mass is 19.1. The van der Waals surface area contributed by atoms with Gasteiger partial charge in [0.2, 0.25) is 0 Å². The number of anilines is 1. The van der Waals surface area contributed by atoms with Gasteiger partial charge in [-0.2, -0.15) is 0 Å². The molecule has 0 bridgehead atoms. The number of aliphatic hydroxyl groups is 1. The molecule has 2 aromatic rings. The summed E-state index contributed by atoms with van der Waals surface area (Å²) in [6, 6.07) is 9.12. The highest BCUT2D eigenvalue weighted by molar-refractivity contribution is 5.99. The highest BCUT2D eigenvalue weighted by Gasteiger charge is 2.36. The lowest BCUT2D eigenvalue weighted by atomic mass is 9.98. The Kier molecular flexibility index (Phi) is 6.41. The van der Waals surface area contributed by atoms with Gasteiger partial charge in [-0.15, -0.1) is 0 Å².